The third-order valence-electron chi connectivity index (χ3n) is 4.54. The zero-order chi connectivity index (χ0) is 15.5. The standard InChI is InChI=1S/C17H22N2O2S/c1-11-6-2-3-7-12(11)18-16(20)10-15-17(21)19-13-8-4-5-9-14(13)22-15/h4-5,8-9,11-12,15H,2-3,6-7,10H2,1H3,(H,18,20)(H,19,21)/t11-,12-,15+/m0/s1. The Balaban J connectivity index is 1.59. The second-order valence-electron chi connectivity index (χ2n) is 6.23. The number of anilines is 1. The molecule has 0 radical (unpaired) electrons. The Bertz CT molecular complexity index is 576. The number of thioether (sulfide) groups is 1. The van der Waals surface area contributed by atoms with Gasteiger partial charge in [0.2, 0.25) is 11.8 Å². The van der Waals surface area contributed by atoms with Crippen LogP contribution < -0.4 is 10.6 Å². The van der Waals surface area contributed by atoms with Crippen LogP contribution in [0.15, 0.2) is 29.2 Å². The number of hydrogen-bond acceptors (Lipinski definition) is 3. The molecule has 1 aromatic carbocycles. The molecule has 1 aromatic rings. The summed E-state index contributed by atoms with van der Waals surface area (Å²) >= 11 is 1.48. The van der Waals surface area contributed by atoms with Gasteiger partial charge in [-0.2, -0.15) is 0 Å². The van der Waals surface area contributed by atoms with Gasteiger partial charge in [0.05, 0.1) is 10.9 Å². The number of nitrogens with one attached hydrogen (secondary N) is 2. The minimum Gasteiger partial charge on any atom is -0.353 e. The Hall–Kier alpha value is -1.49. The molecule has 5 heteroatoms. The largest absolute Gasteiger partial charge is 0.353 e. The third-order valence-corrected chi connectivity index (χ3v) is 5.81. The predicted molar refractivity (Wildman–Crippen MR) is 88.9 cm³/mol. The molecule has 2 aliphatic rings. The monoisotopic (exact) mass is 318 g/mol. The molecule has 0 saturated heterocycles. The van der Waals surface area contributed by atoms with Gasteiger partial charge in [0.15, 0.2) is 0 Å². The fourth-order valence-corrected chi connectivity index (χ4v) is 4.30. The van der Waals surface area contributed by atoms with Crippen molar-refractivity contribution < 1.29 is 9.59 Å². The quantitative estimate of drug-likeness (QED) is 0.900. The lowest BCUT2D eigenvalue weighted by molar-refractivity contribution is -0.125. The van der Waals surface area contributed by atoms with E-state index in [1.807, 2.05) is 24.3 Å². The van der Waals surface area contributed by atoms with Gasteiger partial charge in [0.25, 0.3) is 0 Å². The Morgan fingerprint density at radius 1 is 1.32 bits per heavy atom. The van der Waals surface area contributed by atoms with Gasteiger partial charge in [-0.05, 0) is 30.9 Å². The van der Waals surface area contributed by atoms with E-state index in [9.17, 15) is 9.59 Å². The molecule has 22 heavy (non-hydrogen) atoms. The summed E-state index contributed by atoms with van der Waals surface area (Å²) in [4.78, 5) is 25.4. The minimum atomic E-state index is -0.339. The topological polar surface area (TPSA) is 58.2 Å². The summed E-state index contributed by atoms with van der Waals surface area (Å²) in [5.41, 5.74) is 0.843. The fraction of sp³-hybridized carbons (Fsp3) is 0.529. The van der Waals surface area contributed by atoms with Crippen molar-refractivity contribution in [3.05, 3.63) is 24.3 Å². The maximum Gasteiger partial charge on any atom is 0.238 e. The maximum absolute atomic E-state index is 12.3. The first-order valence-electron chi connectivity index (χ1n) is 7.99. The molecule has 1 aliphatic heterocycles. The van der Waals surface area contributed by atoms with E-state index in [2.05, 4.69) is 17.6 Å². The van der Waals surface area contributed by atoms with Crippen LogP contribution in [-0.2, 0) is 9.59 Å². The number of hydrogen-bond donors (Lipinski definition) is 2. The first-order chi connectivity index (χ1) is 10.6. The summed E-state index contributed by atoms with van der Waals surface area (Å²) in [6.07, 6.45) is 4.91. The molecule has 118 valence electrons. The van der Waals surface area contributed by atoms with E-state index in [-0.39, 0.29) is 29.5 Å². The van der Waals surface area contributed by atoms with E-state index in [0.29, 0.717) is 5.92 Å². The smallest absolute Gasteiger partial charge is 0.238 e. The van der Waals surface area contributed by atoms with Gasteiger partial charge in [0, 0.05) is 17.4 Å². The Kier molecular flexibility index (Phi) is 4.71. The van der Waals surface area contributed by atoms with Crippen LogP contribution in [0.3, 0.4) is 0 Å². The summed E-state index contributed by atoms with van der Waals surface area (Å²) in [5.74, 6) is 0.451. The number of amides is 2. The van der Waals surface area contributed by atoms with Crippen molar-refractivity contribution in [2.24, 2.45) is 5.92 Å². The van der Waals surface area contributed by atoms with Crippen LogP contribution in [0, 0.1) is 5.92 Å². The molecule has 1 aliphatic carbocycles. The highest BCUT2D eigenvalue weighted by atomic mass is 32.2. The third kappa shape index (κ3) is 3.46. The minimum absolute atomic E-state index is 0.00854. The van der Waals surface area contributed by atoms with Gasteiger partial charge in [-0.15, -0.1) is 11.8 Å². The molecule has 0 spiro atoms. The first-order valence-corrected chi connectivity index (χ1v) is 8.87. The molecule has 4 nitrogen and oxygen atoms in total. The van der Waals surface area contributed by atoms with E-state index in [1.54, 1.807) is 0 Å². The van der Waals surface area contributed by atoms with Crippen LogP contribution >= 0.6 is 11.8 Å². The maximum atomic E-state index is 12.3. The molecule has 3 rings (SSSR count). The molecule has 1 saturated carbocycles. The average molecular weight is 318 g/mol. The molecule has 2 amide bonds. The molecule has 3 atom stereocenters. The van der Waals surface area contributed by atoms with Gasteiger partial charge < -0.3 is 10.6 Å². The van der Waals surface area contributed by atoms with Crippen molar-refractivity contribution in [1.29, 1.82) is 0 Å². The van der Waals surface area contributed by atoms with Crippen molar-refractivity contribution >= 4 is 29.3 Å². The molecule has 1 fully saturated rings. The number of carbonyl (C=O) groups is 2. The van der Waals surface area contributed by atoms with Crippen molar-refractivity contribution in [2.45, 2.75) is 55.2 Å². The zero-order valence-electron chi connectivity index (χ0n) is 12.8. The number of para-hydroxylation sites is 1. The lowest BCUT2D eigenvalue weighted by Gasteiger charge is -2.30. The molecule has 1 heterocycles. The molecule has 2 N–H and O–H groups in total. The van der Waals surface area contributed by atoms with Crippen LogP contribution in [-0.4, -0.2) is 23.1 Å². The van der Waals surface area contributed by atoms with Crippen molar-refractivity contribution in [1.82, 2.24) is 5.32 Å². The van der Waals surface area contributed by atoms with Crippen LogP contribution in [0.2, 0.25) is 0 Å². The van der Waals surface area contributed by atoms with Crippen LogP contribution in [0.25, 0.3) is 0 Å². The Morgan fingerprint density at radius 2 is 2.09 bits per heavy atom. The van der Waals surface area contributed by atoms with E-state index in [1.165, 1.54) is 31.0 Å². The molecular formula is C17H22N2O2S. The van der Waals surface area contributed by atoms with Gasteiger partial charge in [-0.25, -0.2) is 0 Å². The van der Waals surface area contributed by atoms with E-state index in [4.69, 9.17) is 0 Å². The molecule has 0 bridgehead atoms. The highest BCUT2D eigenvalue weighted by Crippen LogP contribution is 2.36. The van der Waals surface area contributed by atoms with Crippen molar-refractivity contribution in [3.8, 4) is 0 Å². The number of benzene rings is 1. The highest BCUT2D eigenvalue weighted by Gasteiger charge is 2.30. The van der Waals surface area contributed by atoms with Crippen molar-refractivity contribution in [2.75, 3.05) is 5.32 Å². The first kappa shape index (κ1) is 15.4. The highest BCUT2D eigenvalue weighted by molar-refractivity contribution is 8.01. The Morgan fingerprint density at radius 3 is 2.91 bits per heavy atom. The predicted octanol–water partition coefficient (Wildman–Crippen LogP) is 3.18. The van der Waals surface area contributed by atoms with Crippen LogP contribution in [0.1, 0.15) is 39.0 Å². The number of carbonyl (C=O) groups excluding carboxylic acids is 2. The lowest BCUT2D eigenvalue weighted by Crippen LogP contribution is -2.43. The average Bonchev–Trinajstić information content (AvgIpc) is 2.50. The summed E-state index contributed by atoms with van der Waals surface area (Å²) in [5, 5.41) is 5.68. The normalized spacial score (nSPS) is 27.7. The van der Waals surface area contributed by atoms with E-state index >= 15 is 0 Å². The van der Waals surface area contributed by atoms with E-state index < -0.39 is 0 Å². The van der Waals surface area contributed by atoms with Gasteiger partial charge in [-0.3, -0.25) is 9.59 Å². The summed E-state index contributed by atoms with van der Waals surface area (Å²) < 4.78 is 0. The summed E-state index contributed by atoms with van der Waals surface area (Å²) in [7, 11) is 0. The fourth-order valence-electron chi connectivity index (χ4n) is 3.19. The lowest BCUT2D eigenvalue weighted by atomic mass is 9.86. The summed E-state index contributed by atoms with van der Waals surface area (Å²) in [6.45, 7) is 2.20. The van der Waals surface area contributed by atoms with Gasteiger partial charge in [0.1, 0.15) is 0 Å². The molecule has 0 unspecified atom stereocenters. The molecule has 0 aromatic heterocycles. The molecular weight excluding hydrogens is 296 g/mol. The van der Waals surface area contributed by atoms with Gasteiger partial charge in [-0.1, -0.05) is 31.9 Å². The SMILES string of the molecule is C[C@H]1CCCC[C@@H]1NC(=O)C[C@H]1Sc2ccccc2NC1=O. The van der Waals surface area contributed by atoms with Gasteiger partial charge >= 0.3 is 0 Å². The summed E-state index contributed by atoms with van der Waals surface area (Å²) in [6, 6.07) is 7.99. The second-order valence-corrected chi connectivity index (χ2v) is 7.48. The van der Waals surface area contributed by atoms with Crippen molar-refractivity contribution in [3.63, 3.8) is 0 Å². The Labute approximate surface area is 135 Å². The second kappa shape index (κ2) is 6.73. The number of fused-ring (bicyclic) bond motifs is 1. The van der Waals surface area contributed by atoms with Crippen LogP contribution in [0.5, 0.6) is 0 Å². The zero-order valence-corrected chi connectivity index (χ0v) is 13.6. The van der Waals surface area contributed by atoms with E-state index in [0.717, 1.165) is 17.0 Å². The van der Waals surface area contributed by atoms with Crippen LogP contribution in [0.4, 0.5) is 5.69 Å². The number of rotatable bonds is 3.